The minimum absolute atomic E-state index is 0.109. The number of nitrogens with zero attached hydrogens (tertiary/aromatic N) is 2. The number of aromatic nitrogens is 2. The standard InChI is InChI=1S/C31H34N2O/c1-3-5-19-31(20-6-4-2,30-18-8-10-22-33-30)26-14-12-16-28(24-26)34-27-15-11-13-25(23-27)29-17-7-9-21-32-29/h7-18,21-24H,3-6,19-20H2,1-2H3. The maximum atomic E-state index is 6.37. The first-order valence-corrected chi connectivity index (χ1v) is 12.5. The average Bonchev–Trinajstić information content (AvgIpc) is 2.90. The molecule has 2 aromatic carbocycles. The molecular formula is C31H34N2O. The maximum absolute atomic E-state index is 6.37. The molecule has 0 atom stereocenters. The van der Waals surface area contributed by atoms with Gasteiger partial charge >= 0.3 is 0 Å². The Kier molecular flexibility index (Phi) is 8.08. The fourth-order valence-corrected chi connectivity index (χ4v) is 4.67. The molecule has 3 nitrogen and oxygen atoms in total. The van der Waals surface area contributed by atoms with Crippen molar-refractivity contribution in [3.63, 3.8) is 0 Å². The smallest absolute Gasteiger partial charge is 0.128 e. The van der Waals surface area contributed by atoms with Crippen molar-refractivity contribution in [2.24, 2.45) is 0 Å². The SMILES string of the molecule is CCCCC(CCCC)(c1cccc(Oc2cccc(-c3ccccn3)c2)c1)c1ccccn1. The van der Waals surface area contributed by atoms with Gasteiger partial charge in [-0.25, -0.2) is 0 Å². The van der Waals surface area contributed by atoms with Crippen LogP contribution in [0.1, 0.15) is 63.6 Å². The van der Waals surface area contributed by atoms with Crippen LogP contribution < -0.4 is 4.74 Å². The zero-order chi connectivity index (χ0) is 23.6. The zero-order valence-corrected chi connectivity index (χ0v) is 20.3. The minimum atomic E-state index is -0.109. The van der Waals surface area contributed by atoms with Crippen molar-refractivity contribution in [2.45, 2.75) is 57.8 Å². The molecule has 0 saturated carbocycles. The topological polar surface area (TPSA) is 35.0 Å². The van der Waals surface area contributed by atoms with Gasteiger partial charge in [-0.1, -0.05) is 75.9 Å². The first-order chi connectivity index (χ1) is 16.7. The second-order valence-corrected chi connectivity index (χ2v) is 8.88. The van der Waals surface area contributed by atoms with Crippen molar-refractivity contribution >= 4 is 0 Å². The molecule has 0 bridgehead atoms. The van der Waals surface area contributed by atoms with Crippen LogP contribution in [0.4, 0.5) is 0 Å². The number of unbranched alkanes of at least 4 members (excludes halogenated alkanes) is 2. The highest BCUT2D eigenvalue weighted by atomic mass is 16.5. The van der Waals surface area contributed by atoms with Gasteiger partial charge in [-0.05, 0) is 66.9 Å². The van der Waals surface area contributed by atoms with Gasteiger partial charge in [0.05, 0.1) is 11.4 Å². The van der Waals surface area contributed by atoms with Gasteiger partial charge in [0, 0.05) is 23.4 Å². The van der Waals surface area contributed by atoms with Crippen molar-refractivity contribution in [3.05, 3.63) is 109 Å². The maximum Gasteiger partial charge on any atom is 0.128 e. The lowest BCUT2D eigenvalue weighted by atomic mass is 9.70. The molecule has 0 fully saturated rings. The highest BCUT2D eigenvalue weighted by Crippen LogP contribution is 2.42. The van der Waals surface area contributed by atoms with Gasteiger partial charge in [-0.3, -0.25) is 9.97 Å². The van der Waals surface area contributed by atoms with Crippen molar-refractivity contribution in [3.8, 4) is 22.8 Å². The van der Waals surface area contributed by atoms with E-state index >= 15 is 0 Å². The monoisotopic (exact) mass is 450 g/mol. The van der Waals surface area contributed by atoms with E-state index in [0.717, 1.165) is 67.0 Å². The van der Waals surface area contributed by atoms with Gasteiger partial charge in [0.1, 0.15) is 11.5 Å². The Balaban J connectivity index is 1.69. The lowest BCUT2D eigenvalue weighted by Crippen LogP contribution is -2.29. The Bertz CT molecular complexity index is 1150. The molecule has 0 N–H and O–H groups in total. The summed E-state index contributed by atoms with van der Waals surface area (Å²) in [6.07, 6.45) is 10.6. The summed E-state index contributed by atoms with van der Waals surface area (Å²) >= 11 is 0. The Morgan fingerprint density at radius 1 is 0.676 bits per heavy atom. The van der Waals surface area contributed by atoms with E-state index in [1.54, 1.807) is 0 Å². The van der Waals surface area contributed by atoms with Crippen LogP contribution >= 0.6 is 0 Å². The van der Waals surface area contributed by atoms with Gasteiger partial charge in [0.15, 0.2) is 0 Å². The van der Waals surface area contributed by atoms with E-state index in [2.05, 4.69) is 61.3 Å². The van der Waals surface area contributed by atoms with E-state index in [0.29, 0.717) is 0 Å². The van der Waals surface area contributed by atoms with Crippen molar-refractivity contribution < 1.29 is 4.74 Å². The van der Waals surface area contributed by atoms with Crippen LogP contribution in [0.2, 0.25) is 0 Å². The minimum Gasteiger partial charge on any atom is -0.457 e. The fraction of sp³-hybridized carbons (Fsp3) is 0.290. The largest absolute Gasteiger partial charge is 0.457 e. The van der Waals surface area contributed by atoms with E-state index in [1.807, 2.05) is 54.9 Å². The summed E-state index contributed by atoms with van der Waals surface area (Å²) in [7, 11) is 0. The molecule has 34 heavy (non-hydrogen) atoms. The molecule has 0 saturated heterocycles. The van der Waals surface area contributed by atoms with Crippen LogP contribution in [0.3, 0.4) is 0 Å². The van der Waals surface area contributed by atoms with Crippen LogP contribution in [0.25, 0.3) is 11.3 Å². The molecule has 2 aromatic heterocycles. The molecule has 4 aromatic rings. The first kappa shape index (κ1) is 23.7. The summed E-state index contributed by atoms with van der Waals surface area (Å²) in [4.78, 5) is 9.32. The number of hydrogen-bond donors (Lipinski definition) is 0. The molecule has 2 heterocycles. The average molecular weight is 451 g/mol. The summed E-state index contributed by atoms with van der Waals surface area (Å²) in [6, 6.07) is 29.0. The van der Waals surface area contributed by atoms with E-state index < -0.39 is 0 Å². The van der Waals surface area contributed by atoms with Gasteiger partial charge < -0.3 is 4.74 Å². The third-order valence-corrected chi connectivity index (χ3v) is 6.49. The summed E-state index contributed by atoms with van der Waals surface area (Å²) in [6.45, 7) is 4.52. The normalized spacial score (nSPS) is 11.4. The van der Waals surface area contributed by atoms with E-state index in [-0.39, 0.29) is 5.41 Å². The van der Waals surface area contributed by atoms with Crippen LogP contribution in [-0.4, -0.2) is 9.97 Å². The quantitative estimate of drug-likeness (QED) is 0.229. The third kappa shape index (κ3) is 5.53. The molecule has 174 valence electrons. The summed E-state index contributed by atoms with van der Waals surface area (Å²) in [5.41, 5.74) is 4.32. The van der Waals surface area contributed by atoms with Gasteiger partial charge in [-0.15, -0.1) is 0 Å². The second-order valence-electron chi connectivity index (χ2n) is 8.88. The number of benzene rings is 2. The van der Waals surface area contributed by atoms with E-state index in [9.17, 15) is 0 Å². The number of ether oxygens (including phenoxy) is 1. The van der Waals surface area contributed by atoms with E-state index in [4.69, 9.17) is 9.72 Å². The lowest BCUT2D eigenvalue weighted by molar-refractivity contribution is 0.393. The molecule has 0 amide bonds. The van der Waals surface area contributed by atoms with Gasteiger partial charge in [0.25, 0.3) is 0 Å². The first-order valence-electron chi connectivity index (χ1n) is 12.5. The number of hydrogen-bond acceptors (Lipinski definition) is 3. The Morgan fingerprint density at radius 2 is 1.35 bits per heavy atom. The van der Waals surface area contributed by atoms with Gasteiger partial charge in [-0.2, -0.15) is 0 Å². The molecule has 0 aliphatic carbocycles. The molecule has 3 heteroatoms. The molecule has 0 aliphatic rings. The van der Waals surface area contributed by atoms with Crippen LogP contribution in [0.5, 0.6) is 11.5 Å². The highest BCUT2D eigenvalue weighted by Gasteiger charge is 2.34. The Hall–Kier alpha value is -3.46. The highest BCUT2D eigenvalue weighted by molar-refractivity contribution is 5.61. The van der Waals surface area contributed by atoms with Crippen LogP contribution in [0.15, 0.2) is 97.3 Å². The Morgan fingerprint density at radius 3 is 2.00 bits per heavy atom. The second kappa shape index (κ2) is 11.6. The zero-order valence-electron chi connectivity index (χ0n) is 20.3. The predicted octanol–water partition coefficient (Wildman–Crippen LogP) is 8.60. The van der Waals surface area contributed by atoms with E-state index in [1.165, 1.54) is 5.56 Å². The summed E-state index contributed by atoms with van der Waals surface area (Å²) in [5, 5.41) is 0. The molecule has 0 radical (unpaired) electrons. The van der Waals surface area contributed by atoms with Crippen molar-refractivity contribution in [1.29, 1.82) is 0 Å². The number of pyridine rings is 2. The molecule has 0 unspecified atom stereocenters. The third-order valence-electron chi connectivity index (χ3n) is 6.49. The van der Waals surface area contributed by atoms with Crippen LogP contribution in [-0.2, 0) is 5.41 Å². The lowest BCUT2D eigenvalue weighted by Gasteiger charge is -2.34. The summed E-state index contributed by atoms with van der Waals surface area (Å²) in [5.74, 6) is 1.66. The molecule has 4 rings (SSSR count). The molecule has 0 aliphatic heterocycles. The van der Waals surface area contributed by atoms with Gasteiger partial charge in [0.2, 0.25) is 0 Å². The van der Waals surface area contributed by atoms with Crippen molar-refractivity contribution in [1.82, 2.24) is 9.97 Å². The summed E-state index contributed by atoms with van der Waals surface area (Å²) < 4.78 is 6.37. The van der Waals surface area contributed by atoms with Crippen molar-refractivity contribution in [2.75, 3.05) is 0 Å². The fourth-order valence-electron chi connectivity index (χ4n) is 4.67. The molecule has 0 spiro atoms. The number of rotatable bonds is 11. The molecular weight excluding hydrogens is 416 g/mol. The predicted molar refractivity (Wildman–Crippen MR) is 140 cm³/mol. The Labute approximate surface area is 203 Å². The van der Waals surface area contributed by atoms with Crippen LogP contribution in [0, 0.1) is 0 Å².